The van der Waals surface area contributed by atoms with Crippen LogP contribution in [0.5, 0.6) is 0 Å². The van der Waals surface area contributed by atoms with Crippen LogP contribution in [0.4, 0.5) is 13.2 Å². The zero-order valence-corrected chi connectivity index (χ0v) is 12.8. The van der Waals surface area contributed by atoms with Gasteiger partial charge in [0.05, 0.1) is 11.3 Å². The van der Waals surface area contributed by atoms with Crippen LogP contribution in [0.15, 0.2) is 47.6 Å². The molecule has 3 rings (SSSR count). The quantitative estimate of drug-likeness (QED) is 0.566. The minimum Gasteiger partial charge on any atom is -0.411 e. The first kappa shape index (κ1) is 15.6. The Morgan fingerprint density at radius 3 is 2.17 bits per heavy atom. The van der Waals surface area contributed by atoms with E-state index in [1.54, 1.807) is 0 Å². The van der Waals surface area contributed by atoms with E-state index in [1.807, 2.05) is 18.2 Å². The molecule has 0 aliphatic heterocycles. The summed E-state index contributed by atoms with van der Waals surface area (Å²) < 4.78 is 37.9. The molecule has 2 nitrogen and oxygen atoms in total. The monoisotopic (exact) mass is 319 g/mol. The molecule has 0 spiro atoms. The number of hydrogen-bond acceptors (Lipinski definition) is 2. The maximum absolute atomic E-state index is 12.6. The standard InChI is InChI=1S/C18H16F3NO/c1-17(2)10-16(22-23)14-8-5-12(9-15(14)17)11-3-6-13(7-4-11)18(19,20)21/h3-9,23H,10H2,1-2H3/b22-16+. The molecule has 1 aliphatic carbocycles. The Morgan fingerprint density at radius 1 is 1.00 bits per heavy atom. The smallest absolute Gasteiger partial charge is 0.411 e. The lowest BCUT2D eigenvalue weighted by atomic mass is 9.85. The number of oxime groups is 1. The first-order chi connectivity index (χ1) is 10.7. The number of nitrogens with zero attached hydrogens (tertiary/aromatic N) is 1. The predicted molar refractivity (Wildman–Crippen MR) is 82.8 cm³/mol. The molecule has 0 fully saturated rings. The van der Waals surface area contributed by atoms with E-state index >= 15 is 0 Å². The molecular weight excluding hydrogens is 303 g/mol. The van der Waals surface area contributed by atoms with Gasteiger partial charge in [0, 0.05) is 12.0 Å². The third kappa shape index (κ3) is 2.71. The van der Waals surface area contributed by atoms with E-state index in [4.69, 9.17) is 5.21 Å². The van der Waals surface area contributed by atoms with Crippen LogP contribution in [-0.4, -0.2) is 10.9 Å². The van der Waals surface area contributed by atoms with Crippen molar-refractivity contribution in [1.29, 1.82) is 0 Å². The van der Waals surface area contributed by atoms with Crippen molar-refractivity contribution in [2.45, 2.75) is 31.9 Å². The van der Waals surface area contributed by atoms with Gasteiger partial charge in [-0.3, -0.25) is 0 Å². The average Bonchev–Trinajstić information content (AvgIpc) is 2.77. The van der Waals surface area contributed by atoms with Crippen molar-refractivity contribution in [2.24, 2.45) is 5.16 Å². The fourth-order valence-electron chi connectivity index (χ4n) is 3.09. The number of hydrogen-bond donors (Lipinski definition) is 1. The molecular formula is C18H16F3NO. The van der Waals surface area contributed by atoms with Crippen LogP contribution in [0.3, 0.4) is 0 Å². The largest absolute Gasteiger partial charge is 0.416 e. The van der Waals surface area contributed by atoms with Crippen molar-refractivity contribution in [3.63, 3.8) is 0 Å². The molecule has 0 saturated heterocycles. The summed E-state index contributed by atoms with van der Waals surface area (Å²) in [6, 6.07) is 10.8. The van der Waals surface area contributed by atoms with Crippen molar-refractivity contribution in [3.8, 4) is 11.1 Å². The number of fused-ring (bicyclic) bond motifs is 1. The Morgan fingerprint density at radius 2 is 1.61 bits per heavy atom. The van der Waals surface area contributed by atoms with Crippen molar-refractivity contribution < 1.29 is 18.4 Å². The van der Waals surface area contributed by atoms with E-state index < -0.39 is 11.7 Å². The molecule has 0 unspecified atom stereocenters. The number of benzene rings is 2. The minimum atomic E-state index is -4.33. The van der Waals surface area contributed by atoms with Gasteiger partial charge in [-0.2, -0.15) is 13.2 Å². The Bertz CT molecular complexity index is 774. The molecule has 0 radical (unpaired) electrons. The third-order valence-electron chi connectivity index (χ3n) is 4.34. The minimum absolute atomic E-state index is 0.168. The van der Waals surface area contributed by atoms with Gasteiger partial charge < -0.3 is 5.21 Å². The van der Waals surface area contributed by atoms with Crippen LogP contribution in [0.25, 0.3) is 11.1 Å². The molecule has 0 aromatic heterocycles. The Balaban J connectivity index is 2.03. The summed E-state index contributed by atoms with van der Waals surface area (Å²) in [6.45, 7) is 4.11. The Hall–Kier alpha value is -2.30. The van der Waals surface area contributed by atoms with Gasteiger partial charge in [0.1, 0.15) is 0 Å². The summed E-state index contributed by atoms with van der Waals surface area (Å²) in [6.07, 6.45) is -3.69. The average molecular weight is 319 g/mol. The van der Waals surface area contributed by atoms with Crippen molar-refractivity contribution in [2.75, 3.05) is 0 Å². The molecule has 1 N–H and O–H groups in total. The zero-order chi connectivity index (χ0) is 16.8. The predicted octanol–water partition coefficient (Wildman–Crippen LogP) is 5.23. The Labute approximate surface area is 132 Å². The fourth-order valence-corrected chi connectivity index (χ4v) is 3.09. The van der Waals surface area contributed by atoms with E-state index in [2.05, 4.69) is 19.0 Å². The van der Waals surface area contributed by atoms with Gasteiger partial charge in [-0.15, -0.1) is 0 Å². The van der Waals surface area contributed by atoms with Crippen molar-refractivity contribution >= 4 is 5.71 Å². The molecule has 0 bridgehead atoms. The molecule has 0 saturated carbocycles. The van der Waals surface area contributed by atoms with Crippen LogP contribution in [0, 0.1) is 0 Å². The lowest BCUT2D eigenvalue weighted by Crippen LogP contribution is -2.12. The lowest BCUT2D eigenvalue weighted by molar-refractivity contribution is -0.137. The summed E-state index contributed by atoms with van der Waals surface area (Å²) in [5, 5.41) is 12.5. The van der Waals surface area contributed by atoms with Crippen LogP contribution >= 0.6 is 0 Å². The van der Waals surface area contributed by atoms with Crippen LogP contribution in [0.1, 0.15) is 37.0 Å². The van der Waals surface area contributed by atoms with Crippen molar-refractivity contribution in [1.82, 2.24) is 0 Å². The molecule has 0 amide bonds. The Kier molecular flexibility index (Phi) is 3.47. The molecule has 0 atom stereocenters. The van der Waals surface area contributed by atoms with Gasteiger partial charge in [0.25, 0.3) is 0 Å². The van der Waals surface area contributed by atoms with Crippen LogP contribution < -0.4 is 0 Å². The first-order valence-electron chi connectivity index (χ1n) is 7.26. The molecule has 120 valence electrons. The van der Waals surface area contributed by atoms with E-state index in [1.165, 1.54) is 12.1 Å². The van der Waals surface area contributed by atoms with E-state index in [0.717, 1.165) is 34.4 Å². The van der Waals surface area contributed by atoms with E-state index in [9.17, 15) is 13.2 Å². The molecule has 5 heteroatoms. The van der Waals surface area contributed by atoms with Gasteiger partial charge in [-0.1, -0.05) is 43.3 Å². The van der Waals surface area contributed by atoms with E-state index in [-0.39, 0.29) is 5.41 Å². The zero-order valence-electron chi connectivity index (χ0n) is 12.8. The maximum atomic E-state index is 12.6. The van der Waals surface area contributed by atoms with Gasteiger partial charge in [-0.25, -0.2) is 0 Å². The highest BCUT2D eigenvalue weighted by atomic mass is 19.4. The van der Waals surface area contributed by atoms with Crippen LogP contribution in [0.2, 0.25) is 0 Å². The third-order valence-corrected chi connectivity index (χ3v) is 4.34. The summed E-state index contributed by atoms with van der Waals surface area (Å²) in [5.74, 6) is 0. The molecule has 23 heavy (non-hydrogen) atoms. The summed E-state index contributed by atoms with van der Waals surface area (Å²) in [4.78, 5) is 0. The SMILES string of the molecule is CC1(C)C/C(=N\O)c2ccc(-c3ccc(C(F)(F)F)cc3)cc21. The first-order valence-corrected chi connectivity index (χ1v) is 7.26. The van der Waals surface area contributed by atoms with Crippen LogP contribution in [-0.2, 0) is 11.6 Å². The highest BCUT2D eigenvalue weighted by Gasteiger charge is 2.35. The van der Waals surface area contributed by atoms with Gasteiger partial charge in [0.2, 0.25) is 0 Å². The number of alkyl halides is 3. The molecule has 2 aromatic rings. The highest BCUT2D eigenvalue weighted by Crippen LogP contribution is 2.40. The lowest BCUT2D eigenvalue weighted by Gasteiger charge is -2.19. The van der Waals surface area contributed by atoms with Crippen molar-refractivity contribution in [3.05, 3.63) is 59.2 Å². The topological polar surface area (TPSA) is 32.6 Å². The highest BCUT2D eigenvalue weighted by molar-refractivity contribution is 6.06. The molecule has 1 aliphatic rings. The van der Waals surface area contributed by atoms with Gasteiger partial charge in [0.15, 0.2) is 0 Å². The molecule has 0 heterocycles. The second-order valence-corrected chi connectivity index (χ2v) is 6.44. The summed E-state index contributed by atoms with van der Waals surface area (Å²) in [5.41, 5.74) is 3.34. The van der Waals surface area contributed by atoms with Gasteiger partial charge in [-0.05, 0) is 40.3 Å². The number of halogens is 3. The van der Waals surface area contributed by atoms with E-state index in [0.29, 0.717) is 12.1 Å². The second kappa shape index (κ2) is 5.11. The maximum Gasteiger partial charge on any atom is 0.416 e. The normalized spacial score (nSPS) is 18.2. The van der Waals surface area contributed by atoms with Gasteiger partial charge >= 0.3 is 6.18 Å². The summed E-state index contributed by atoms with van der Waals surface area (Å²) in [7, 11) is 0. The second-order valence-electron chi connectivity index (χ2n) is 6.44. The number of rotatable bonds is 1. The fraction of sp³-hybridized carbons (Fsp3) is 0.278. The summed E-state index contributed by atoms with van der Waals surface area (Å²) >= 11 is 0. The molecule has 2 aromatic carbocycles.